The highest BCUT2D eigenvalue weighted by Crippen LogP contribution is 2.35. The molecule has 3 rings (SSSR count). The largest absolute Gasteiger partial charge is 0.458 e. The Bertz CT molecular complexity index is 1090. The van der Waals surface area contributed by atoms with Gasteiger partial charge >= 0.3 is 6.03 Å². The van der Waals surface area contributed by atoms with Crippen LogP contribution in [0.3, 0.4) is 0 Å². The van der Waals surface area contributed by atoms with Crippen LogP contribution in [0.15, 0.2) is 40.8 Å². The van der Waals surface area contributed by atoms with Crippen LogP contribution in [0, 0.1) is 24.5 Å². The number of carbonyl (C=O) groups is 2. The predicted octanol–water partition coefficient (Wildman–Crippen LogP) is 4.64. The third-order valence-corrected chi connectivity index (χ3v) is 4.66. The lowest BCUT2D eigenvalue weighted by atomic mass is 9.98. The summed E-state index contributed by atoms with van der Waals surface area (Å²) in [7, 11) is 0. The van der Waals surface area contributed by atoms with Crippen LogP contribution in [0.4, 0.5) is 19.3 Å². The second kappa shape index (κ2) is 7.90. The molecule has 152 valence electrons. The highest BCUT2D eigenvalue weighted by Gasteiger charge is 2.27. The standard InChI is InChI=1S/C21H21F2N3O3/c1-10(2)18(19-11(3)16-15(29-19)8-7-14(22)17(16)23)26-21(28)25-13-6-4-5-12(9-13)20(24)27/h4-10,18H,1-3H3,(H2,24,27)(H2,25,26,28). The van der Waals surface area contributed by atoms with E-state index in [4.69, 9.17) is 10.2 Å². The van der Waals surface area contributed by atoms with Crippen molar-refractivity contribution in [1.82, 2.24) is 5.32 Å². The van der Waals surface area contributed by atoms with Gasteiger partial charge < -0.3 is 20.8 Å². The maximum atomic E-state index is 14.2. The van der Waals surface area contributed by atoms with Crippen LogP contribution in [-0.2, 0) is 0 Å². The molecule has 0 fully saturated rings. The second-order valence-corrected chi connectivity index (χ2v) is 7.09. The topological polar surface area (TPSA) is 97.4 Å². The lowest BCUT2D eigenvalue weighted by Crippen LogP contribution is -2.35. The normalized spacial score (nSPS) is 12.2. The molecule has 3 aromatic rings. The summed E-state index contributed by atoms with van der Waals surface area (Å²) in [6.45, 7) is 5.35. The van der Waals surface area contributed by atoms with E-state index in [-0.39, 0.29) is 22.5 Å². The number of primary amides is 1. The fourth-order valence-electron chi connectivity index (χ4n) is 3.18. The van der Waals surface area contributed by atoms with E-state index in [0.717, 1.165) is 6.07 Å². The number of benzene rings is 2. The average Bonchev–Trinajstić information content (AvgIpc) is 2.99. The molecule has 0 bridgehead atoms. The summed E-state index contributed by atoms with van der Waals surface area (Å²) in [5.74, 6) is -2.31. The van der Waals surface area contributed by atoms with Crippen LogP contribution in [0.25, 0.3) is 11.0 Å². The zero-order valence-electron chi connectivity index (χ0n) is 16.2. The monoisotopic (exact) mass is 401 g/mol. The number of carbonyl (C=O) groups excluding carboxylic acids is 2. The number of furan rings is 1. The number of hydrogen-bond donors (Lipinski definition) is 3. The van der Waals surface area contributed by atoms with Gasteiger partial charge in [-0.25, -0.2) is 13.6 Å². The van der Waals surface area contributed by atoms with Crippen molar-refractivity contribution >= 4 is 28.6 Å². The van der Waals surface area contributed by atoms with Gasteiger partial charge in [-0.2, -0.15) is 0 Å². The Kier molecular flexibility index (Phi) is 5.54. The molecular weight excluding hydrogens is 380 g/mol. The zero-order chi connectivity index (χ0) is 21.3. The number of aryl methyl sites for hydroxylation is 1. The summed E-state index contributed by atoms with van der Waals surface area (Å²) in [5, 5.41) is 5.48. The molecule has 29 heavy (non-hydrogen) atoms. The molecule has 0 spiro atoms. The highest BCUT2D eigenvalue weighted by atomic mass is 19.2. The summed E-state index contributed by atoms with van der Waals surface area (Å²) < 4.78 is 33.6. The molecule has 1 unspecified atom stereocenters. The van der Waals surface area contributed by atoms with E-state index < -0.39 is 29.6 Å². The van der Waals surface area contributed by atoms with Gasteiger partial charge in [0.1, 0.15) is 11.3 Å². The van der Waals surface area contributed by atoms with E-state index in [9.17, 15) is 18.4 Å². The Balaban J connectivity index is 1.88. The molecule has 0 radical (unpaired) electrons. The highest BCUT2D eigenvalue weighted by molar-refractivity contribution is 5.96. The maximum Gasteiger partial charge on any atom is 0.319 e. The number of fused-ring (bicyclic) bond motifs is 1. The van der Waals surface area contributed by atoms with E-state index in [1.807, 2.05) is 13.8 Å². The first-order valence-corrected chi connectivity index (χ1v) is 9.03. The number of nitrogens with two attached hydrogens (primary N) is 1. The number of amides is 3. The molecule has 0 saturated carbocycles. The Morgan fingerprint density at radius 2 is 1.86 bits per heavy atom. The van der Waals surface area contributed by atoms with Gasteiger partial charge in [0.15, 0.2) is 11.6 Å². The molecule has 2 aromatic carbocycles. The summed E-state index contributed by atoms with van der Waals surface area (Å²) in [4.78, 5) is 23.8. The summed E-state index contributed by atoms with van der Waals surface area (Å²) in [5.41, 5.74) is 6.52. The lowest BCUT2D eigenvalue weighted by molar-refractivity contribution is 0.1000. The van der Waals surface area contributed by atoms with Crippen molar-refractivity contribution in [3.8, 4) is 0 Å². The van der Waals surface area contributed by atoms with Crippen molar-refractivity contribution in [1.29, 1.82) is 0 Å². The van der Waals surface area contributed by atoms with Crippen LogP contribution >= 0.6 is 0 Å². The number of urea groups is 1. The van der Waals surface area contributed by atoms with Gasteiger partial charge in [-0.3, -0.25) is 4.79 Å². The third-order valence-electron chi connectivity index (χ3n) is 4.66. The first-order valence-electron chi connectivity index (χ1n) is 9.03. The van der Waals surface area contributed by atoms with Crippen molar-refractivity contribution in [3.05, 3.63) is 64.9 Å². The molecule has 0 aliphatic heterocycles. The van der Waals surface area contributed by atoms with Gasteiger partial charge in [0.05, 0.1) is 11.4 Å². The van der Waals surface area contributed by atoms with Crippen LogP contribution in [0.2, 0.25) is 0 Å². The quantitative estimate of drug-likeness (QED) is 0.581. The summed E-state index contributed by atoms with van der Waals surface area (Å²) in [6.07, 6.45) is 0. The molecule has 1 atom stereocenters. The van der Waals surface area contributed by atoms with Crippen LogP contribution in [0.1, 0.15) is 41.6 Å². The van der Waals surface area contributed by atoms with Crippen molar-refractivity contribution < 1.29 is 22.8 Å². The number of anilines is 1. The maximum absolute atomic E-state index is 14.2. The third kappa shape index (κ3) is 4.06. The van der Waals surface area contributed by atoms with Gasteiger partial charge in [-0.1, -0.05) is 19.9 Å². The van der Waals surface area contributed by atoms with Gasteiger partial charge in [0.2, 0.25) is 5.91 Å². The molecule has 1 heterocycles. The van der Waals surface area contributed by atoms with Crippen LogP contribution in [0.5, 0.6) is 0 Å². The number of hydrogen-bond acceptors (Lipinski definition) is 3. The van der Waals surface area contributed by atoms with Crippen molar-refractivity contribution in [3.63, 3.8) is 0 Å². The smallest absolute Gasteiger partial charge is 0.319 e. The molecule has 8 heteroatoms. The zero-order valence-corrected chi connectivity index (χ0v) is 16.2. The number of rotatable bonds is 5. The van der Waals surface area contributed by atoms with Crippen molar-refractivity contribution in [2.45, 2.75) is 26.8 Å². The van der Waals surface area contributed by atoms with E-state index in [1.165, 1.54) is 18.2 Å². The first kappa shape index (κ1) is 20.3. The van der Waals surface area contributed by atoms with Crippen LogP contribution in [-0.4, -0.2) is 11.9 Å². The average molecular weight is 401 g/mol. The second-order valence-electron chi connectivity index (χ2n) is 7.09. The Hall–Kier alpha value is -3.42. The molecule has 6 nitrogen and oxygen atoms in total. The molecule has 0 aliphatic rings. The van der Waals surface area contributed by atoms with Crippen molar-refractivity contribution in [2.24, 2.45) is 11.7 Å². The van der Waals surface area contributed by atoms with Crippen molar-refractivity contribution in [2.75, 3.05) is 5.32 Å². The minimum atomic E-state index is -0.981. The molecule has 0 saturated heterocycles. The number of halogens is 2. The molecule has 0 aliphatic carbocycles. The van der Waals surface area contributed by atoms with Gasteiger partial charge in [-0.15, -0.1) is 0 Å². The SMILES string of the molecule is Cc1c(C(NC(=O)Nc2cccc(C(N)=O)c2)C(C)C)oc2ccc(F)c(F)c12. The fraction of sp³-hybridized carbons (Fsp3) is 0.238. The van der Waals surface area contributed by atoms with Crippen LogP contribution < -0.4 is 16.4 Å². The molecule has 1 aromatic heterocycles. The summed E-state index contributed by atoms with van der Waals surface area (Å²) >= 11 is 0. The van der Waals surface area contributed by atoms with E-state index >= 15 is 0 Å². The van der Waals surface area contributed by atoms with E-state index in [1.54, 1.807) is 19.1 Å². The minimum Gasteiger partial charge on any atom is -0.458 e. The van der Waals surface area contributed by atoms with Gasteiger partial charge in [-0.05, 0) is 43.2 Å². The Morgan fingerprint density at radius 1 is 1.14 bits per heavy atom. The summed E-state index contributed by atoms with van der Waals surface area (Å²) in [6, 6.07) is 7.42. The molecular formula is C21H21F2N3O3. The van der Waals surface area contributed by atoms with E-state index in [0.29, 0.717) is 17.0 Å². The first-order chi connectivity index (χ1) is 13.7. The fourth-order valence-corrected chi connectivity index (χ4v) is 3.18. The lowest BCUT2D eigenvalue weighted by Gasteiger charge is -2.21. The molecule has 4 N–H and O–H groups in total. The number of nitrogens with one attached hydrogen (secondary N) is 2. The predicted molar refractivity (Wildman–Crippen MR) is 106 cm³/mol. The van der Waals surface area contributed by atoms with E-state index in [2.05, 4.69) is 10.6 Å². The Morgan fingerprint density at radius 3 is 2.52 bits per heavy atom. The van der Waals surface area contributed by atoms with Gasteiger partial charge in [0, 0.05) is 16.8 Å². The van der Waals surface area contributed by atoms with Gasteiger partial charge in [0.25, 0.3) is 0 Å². The Labute approximate surface area is 166 Å². The minimum absolute atomic E-state index is 0.0574. The molecule has 3 amide bonds.